The molecule has 186 valence electrons. The van der Waals surface area contributed by atoms with Crippen molar-refractivity contribution in [3.63, 3.8) is 0 Å². The highest BCUT2D eigenvalue weighted by Gasteiger charge is 2.26. The first-order valence-electron chi connectivity index (χ1n) is 11.9. The second-order valence-corrected chi connectivity index (χ2v) is 11.7. The molecule has 0 saturated heterocycles. The number of anilines is 1. The molecule has 0 spiro atoms. The number of amidine groups is 1. The van der Waals surface area contributed by atoms with Crippen LogP contribution < -0.4 is 25.8 Å². The lowest BCUT2D eigenvalue weighted by Crippen LogP contribution is -2.30. The maximum absolute atomic E-state index is 6.23. The Morgan fingerprint density at radius 3 is 2.83 bits per heavy atom. The fraction of sp³-hybridized carbons (Fsp3) is 0.440. The van der Waals surface area contributed by atoms with Crippen molar-refractivity contribution in [2.45, 2.75) is 50.7 Å². The van der Waals surface area contributed by atoms with Gasteiger partial charge >= 0.3 is 0 Å². The average Bonchev–Trinajstić information content (AvgIpc) is 3.54. The van der Waals surface area contributed by atoms with Crippen LogP contribution in [0.4, 0.5) is 5.82 Å². The number of rotatable bonds is 8. The van der Waals surface area contributed by atoms with Gasteiger partial charge in [0.05, 0.1) is 0 Å². The molecule has 0 aliphatic carbocycles. The predicted octanol–water partition coefficient (Wildman–Crippen LogP) is 4.78. The van der Waals surface area contributed by atoms with Crippen LogP contribution in [0.15, 0.2) is 38.6 Å². The third-order valence-corrected chi connectivity index (χ3v) is 7.93. The van der Waals surface area contributed by atoms with Gasteiger partial charge in [-0.1, -0.05) is 39.5 Å². The zero-order valence-electron chi connectivity index (χ0n) is 20.6. The second-order valence-electron chi connectivity index (χ2n) is 9.79. The summed E-state index contributed by atoms with van der Waals surface area (Å²) in [4.78, 5) is 11.6. The number of nitrogens with one attached hydrogen (secondary N) is 2. The number of nitrogens with zero attached hydrogens (tertiary/aromatic N) is 3. The molecule has 2 aromatic heterocycles. The molecule has 3 aromatic rings. The number of nitrogens with two attached hydrogens (primary N) is 1. The summed E-state index contributed by atoms with van der Waals surface area (Å²) in [7, 11) is 0. The molecule has 8 nitrogen and oxygen atoms in total. The van der Waals surface area contributed by atoms with Gasteiger partial charge in [-0.2, -0.15) is 0 Å². The summed E-state index contributed by atoms with van der Waals surface area (Å²) in [6.45, 7) is 12.1. The van der Waals surface area contributed by atoms with Crippen molar-refractivity contribution in [3.8, 4) is 21.9 Å². The van der Waals surface area contributed by atoms with Gasteiger partial charge in [0.2, 0.25) is 6.79 Å². The van der Waals surface area contributed by atoms with E-state index in [1.165, 1.54) is 10.4 Å². The Hall–Kier alpha value is -2.69. The van der Waals surface area contributed by atoms with E-state index in [4.69, 9.17) is 20.2 Å². The topological polar surface area (TPSA) is 98.7 Å². The maximum Gasteiger partial charge on any atom is 0.231 e. The van der Waals surface area contributed by atoms with Crippen molar-refractivity contribution in [3.05, 3.63) is 34.8 Å². The number of imidazole rings is 1. The largest absolute Gasteiger partial charge is 0.454 e. The van der Waals surface area contributed by atoms with E-state index < -0.39 is 0 Å². The summed E-state index contributed by atoms with van der Waals surface area (Å²) in [6, 6.07) is 6.37. The Kier molecular flexibility index (Phi) is 6.69. The molecule has 2 aliphatic heterocycles. The number of aromatic nitrogens is 2. The van der Waals surface area contributed by atoms with Crippen molar-refractivity contribution in [2.75, 3.05) is 31.9 Å². The molecule has 0 bridgehead atoms. The molecule has 2 aliphatic rings. The zero-order chi connectivity index (χ0) is 24.6. The van der Waals surface area contributed by atoms with E-state index >= 15 is 0 Å². The van der Waals surface area contributed by atoms with Crippen molar-refractivity contribution in [2.24, 2.45) is 16.1 Å². The van der Waals surface area contributed by atoms with Gasteiger partial charge in [0.25, 0.3) is 0 Å². The summed E-state index contributed by atoms with van der Waals surface area (Å²) >= 11 is 3.38. The van der Waals surface area contributed by atoms with Crippen molar-refractivity contribution >= 4 is 34.8 Å². The Bertz CT molecular complexity index is 1260. The molecular formula is C25H32N6O2S2. The molecule has 0 amide bonds. The Labute approximate surface area is 214 Å². The van der Waals surface area contributed by atoms with Gasteiger partial charge in [-0.15, -0.1) is 11.3 Å². The third-order valence-electron chi connectivity index (χ3n) is 5.89. The third kappa shape index (κ3) is 5.00. The molecule has 0 saturated carbocycles. The van der Waals surface area contributed by atoms with Crippen LogP contribution in [-0.4, -0.2) is 41.9 Å². The molecule has 1 aromatic carbocycles. The summed E-state index contributed by atoms with van der Waals surface area (Å²) in [5.74, 6) is 2.94. The monoisotopic (exact) mass is 512 g/mol. The highest BCUT2D eigenvalue weighted by atomic mass is 32.2. The van der Waals surface area contributed by atoms with Crippen molar-refractivity contribution < 1.29 is 9.47 Å². The van der Waals surface area contributed by atoms with Crippen molar-refractivity contribution in [1.82, 2.24) is 14.9 Å². The Morgan fingerprint density at radius 1 is 1.26 bits per heavy atom. The van der Waals surface area contributed by atoms with Crippen LogP contribution in [0.2, 0.25) is 0 Å². The molecule has 4 N–H and O–H groups in total. The van der Waals surface area contributed by atoms with Gasteiger partial charge < -0.3 is 30.4 Å². The SMILES string of the molecule is CCc1ccsc1-c1cc2c(cc1Sc1nc3c(n1CCNCC(C)(C)C)NCN=C3N)OCO2. The van der Waals surface area contributed by atoms with Gasteiger partial charge in [0.15, 0.2) is 16.7 Å². The molecule has 0 radical (unpaired) electrons. The number of thiophene rings is 1. The Morgan fingerprint density at radius 2 is 2.06 bits per heavy atom. The van der Waals surface area contributed by atoms with Crippen LogP contribution in [0.25, 0.3) is 10.4 Å². The molecule has 10 heteroatoms. The normalized spacial score (nSPS) is 14.6. The van der Waals surface area contributed by atoms with Crippen LogP contribution >= 0.6 is 23.1 Å². The smallest absolute Gasteiger partial charge is 0.231 e. The lowest BCUT2D eigenvalue weighted by Gasteiger charge is -2.20. The summed E-state index contributed by atoms with van der Waals surface area (Å²) < 4.78 is 13.6. The lowest BCUT2D eigenvalue weighted by atomic mass is 9.97. The molecule has 0 fully saturated rings. The molecule has 35 heavy (non-hydrogen) atoms. The van der Waals surface area contributed by atoms with Gasteiger partial charge in [0.1, 0.15) is 24.0 Å². The first-order valence-corrected chi connectivity index (χ1v) is 13.6. The van der Waals surface area contributed by atoms with Crippen LogP contribution in [0.1, 0.15) is 39.0 Å². The minimum absolute atomic E-state index is 0.223. The van der Waals surface area contributed by atoms with Gasteiger partial charge in [-0.05, 0) is 41.0 Å². The standard InChI is InChI=1S/C25H32N6O2S2/c1-5-15-6-9-34-21(15)16-10-17-18(33-14-32-17)11-19(16)35-24-30-20-22(26)28-13-29-23(20)31(24)8-7-27-12-25(2,3)4/h6,9-11,27,29H,5,7-8,12-14H2,1-4H3,(H2,26,28). The lowest BCUT2D eigenvalue weighted by molar-refractivity contribution is 0.174. The minimum atomic E-state index is 0.223. The molecule has 5 rings (SSSR count). The van der Waals surface area contributed by atoms with Crippen LogP contribution in [0.5, 0.6) is 11.5 Å². The van der Waals surface area contributed by atoms with Gasteiger partial charge in [-0.25, -0.2) is 9.98 Å². The summed E-state index contributed by atoms with van der Waals surface area (Å²) in [5.41, 5.74) is 9.62. The summed E-state index contributed by atoms with van der Waals surface area (Å²) in [5, 5.41) is 9.97. The van der Waals surface area contributed by atoms with Crippen LogP contribution in [0.3, 0.4) is 0 Å². The highest BCUT2D eigenvalue weighted by molar-refractivity contribution is 7.99. The first kappa shape index (κ1) is 24.0. The average molecular weight is 513 g/mol. The number of hydrogen-bond donors (Lipinski definition) is 3. The van der Waals surface area contributed by atoms with Crippen LogP contribution in [0, 0.1) is 5.41 Å². The molecule has 0 unspecified atom stereocenters. The first-order chi connectivity index (χ1) is 16.8. The van der Waals surface area contributed by atoms with E-state index in [2.05, 4.69) is 71.5 Å². The highest BCUT2D eigenvalue weighted by Crippen LogP contribution is 2.47. The Balaban J connectivity index is 1.52. The number of aliphatic imine (C=N–C) groups is 1. The van der Waals surface area contributed by atoms with Crippen LogP contribution in [-0.2, 0) is 13.0 Å². The minimum Gasteiger partial charge on any atom is -0.454 e. The molecular weight excluding hydrogens is 480 g/mol. The quantitative estimate of drug-likeness (QED) is 0.374. The number of fused-ring (bicyclic) bond motifs is 2. The van der Waals surface area contributed by atoms with E-state index in [9.17, 15) is 0 Å². The number of benzene rings is 1. The van der Waals surface area contributed by atoms with E-state index in [-0.39, 0.29) is 12.2 Å². The molecule has 4 heterocycles. The van der Waals surface area contributed by atoms with Gasteiger partial charge in [0, 0.05) is 35.0 Å². The van der Waals surface area contributed by atoms with E-state index in [1.807, 2.05) is 0 Å². The van der Waals surface area contributed by atoms with E-state index in [1.54, 1.807) is 23.1 Å². The number of ether oxygens (including phenoxy) is 2. The van der Waals surface area contributed by atoms with Crippen molar-refractivity contribution in [1.29, 1.82) is 0 Å². The maximum atomic E-state index is 6.23. The number of aryl methyl sites for hydroxylation is 1. The van der Waals surface area contributed by atoms with E-state index in [0.29, 0.717) is 18.2 Å². The van der Waals surface area contributed by atoms with Gasteiger partial charge in [-0.3, -0.25) is 0 Å². The fourth-order valence-corrected chi connectivity index (χ4v) is 6.29. The molecule has 0 atom stereocenters. The number of hydrogen-bond acceptors (Lipinski definition) is 9. The second kappa shape index (κ2) is 9.75. The fourth-order valence-electron chi connectivity index (χ4n) is 4.14. The zero-order valence-corrected chi connectivity index (χ0v) is 22.2. The predicted molar refractivity (Wildman–Crippen MR) is 143 cm³/mol. The summed E-state index contributed by atoms with van der Waals surface area (Å²) in [6.07, 6.45) is 0.969. The van der Waals surface area contributed by atoms with E-state index in [0.717, 1.165) is 59.0 Å².